The molecule has 4 nitrogen and oxygen atoms in total. The minimum Gasteiger partial charge on any atom is -0.481 e. The van der Waals surface area contributed by atoms with Gasteiger partial charge in [-0.15, -0.1) is 0 Å². The molecule has 0 aromatic rings. The first-order chi connectivity index (χ1) is 11.8. The second kappa shape index (κ2) is 5.76. The van der Waals surface area contributed by atoms with Crippen molar-refractivity contribution in [3.8, 4) is 0 Å². The van der Waals surface area contributed by atoms with Gasteiger partial charge in [0.05, 0.1) is 5.41 Å². The number of esters is 1. The first-order valence-corrected chi connectivity index (χ1v) is 8.37. The van der Waals surface area contributed by atoms with Crippen molar-refractivity contribution in [1.29, 1.82) is 0 Å². The molecule has 0 atom stereocenters. The van der Waals surface area contributed by atoms with Gasteiger partial charge in [0, 0.05) is 0 Å². The molecule has 0 aromatic carbocycles. The second-order valence-electron chi connectivity index (χ2n) is 7.98. The lowest BCUT2D eigenvalue weighted by Gasteiger charge is -2.55. The average molecular weight is 388 g/mol. The quantitative estimate of drug-likeness (QED) is 0.582. The highest BCUT2D eigenvalue weighted by Gasteiger charge is 2.76. The van der Waals surface area contributed by atoms with E-state index < -0.39 is 41.7 Å². The molecule has 4 aliphatic carbocycles. The Morgan fingerprint density at radius 1 is 0.885 bits per heavy atom. The number of carboxylic acid groups (broad SMARTS) is 1. The van der Waals surface area contributed by atoms with Gasteiger partial charge in [-0.05, 0) is 56.3 Å². The van der Waals surface area contributed by atoms with E-state index in [-0.39, 0.29) is 37.0 Å². The molecule has 10 heteroatoms. The van der Waals surface area contributed by atoms with Crippen molar-refractivity contribution in [2.45, 2.75) is 62.9 Å². The Kier molecular flexibility index (Phi) is 4.27. The summed E-state index contributed by atoms with van der Waals surface area (Å²) < 4.78 is 83.9. The third-order valence-electron chi connectivity index (χ3n) is 6.05. The third-order valence-corrected chi connectivity index (χ3v) is 6.05. The predicted molar refractivity (Wildman–Crippen MR) is 73.8 cm³/mol. The number of carbonyl (C=O) groups excluding carboxylic acids is 1. The van der Waals surface area contributed by atoms with E-state index in [4.69, 9.17) is 5.11 Å². The van der Waals surface area contributed by atoms with Crippen LogP contribution in [-0.4, -0.2) is 35.0 Å². The number of ether oxygens (including phenoxy) is 1. The monoisotopic (exact) mass is 388 g/mol. The maximum atomic E-state index is 13.3. The minimum atomic E-state index is -6.10. The van der Waals surface area contributed by atoms with Crippen LogP contribution in [0, 0.1) is 23.2 Å². The zero-order valence-corrected chi connectivity index (χ0v) is 13.6. The van der Waals surface area contributed by atoms with Crippen LogP contribution >= 0.6 is 0 Å². The van der Waals surface area contributed by atoms with Gasteiger partial charge in [-0.2, -0.15) is 26.3 Å². The van der Waals surface area contributed by atoms with Crippen molar-refractivity contribution in [3.63, 3.8) is 0 Å². The molecule has 0 unspecified atom stereocenters. The number of carbonyl (C=O) groups is 2. The zero-order chi connectivity index (χ0) is 19.5. The first kappa shape index (κ1) is 19.3. The fourth-order valence-corrected chi connectivity index (χ4v) is 5.35. The summed E-state index contributed by atoms with van der Waals surface area (Å²) >= 11 is 0. The molecular formula is C16H18F6O4. The van der Waals surface area contributed by atoms with Crippen molar-refractivity contribution in [2.75, 3.05) is 0 Å². The molecule has 148 valence electrons. The van der Waals surface area contributed by atoms with Gasteiger partial charge >= 0.3 is 29.9 Å². The topological polar surface area (TPSA) is 63.6 Å². The van der Waals surface area contributed by atoms with Crippen molar-refractivity contribution in [2.24, 2.45) is 23.2 Å². The standard InChI is InChI=1S/C16H18F6O4/c17-15(18,19)14(7-11(23)24,16(20,21)22)26-12(25)13-4-8-1-9(5-13)3-10(2-8)6-13/h8-10H,1-7H2,(H,23,24). The molecule has 4 fully saturated rings. The maximum Gasteiger partial charge on any atom is 0.438 e. The molecule has 4 saturated carbocycles. The molecule has 1 N–H and O–H groups in total. The van der Waals surface area contributed by atoms with E-state index >= 15 is 0 Å². The van der Waals surface area contributed by atoms with E-state index in [2.05, 4.69) is 4.74 Å². The molecule has 0 aromatic heterocycles. The SMILES string of the molecule is O=C(O)CC(OC(=O)C12CC3CC(CC(C3)C1)C2)(C(F)(F)F)C(F)(F)F. The molecule has 4 rings (SSSR count). The van der Waals surface area contributed by atoms with Crippen LogP contribution in [-0.2, 0) is 14.3 Å². The van der Waals surface area contributed by atoms with Crippen LogP contribution in [0.25, 0.3) is 0 Å². The Hall–Kier alpha value is -1.48. The molecule has 4 aliphatic rings. The average Bonchev–Trinajstić information content (AvgIpc) is 2.41. The molecule has 0 heterocycles. The minimum absolute atomic E-state index is 0.0967. The van der Waals surface area contributed by atoms with Crippen molar-refractivity contribution >= 4 is 11.9 Å². The van der Waals surface area contributed by atoms with Crippen LogP contribution in [0.5, 0.6) is 0 Å². The second-order valence-corrected chi connectivity index (χ2v) is 7.98. The highest BCUT2D eigenvalue weighted by Crippen LogP contribution is 2.61. The van der Waals surface area contributed by atoms with Crippen LogP contribution in [0.15, 0.2) is 0 Å². The normalized spacial score (nSPS) is 34.0. The van der Waals surface area contributed by atoms with E-state index in [1.165, 1.54) is 0 Å². The summed E-state index contributed by atoms with van der Waals surface area (Å²) in [7, 11) is 0. The lowest BCUT2D eigenvalue weighted by atomic mass is 9.49. The van der Waals surface area contributed by atoms with Crippen molar-refractivity contribution in [1.82, 2.24) is 0 Å². The summed E-state index contributed by atoms with van der Waals surface area (Å²) in [5.74, 6) is -3.62. The third kappa shape index (κ3) is 2.94. The highest BCUT2D eigenvalue weighted by molar-refractivity contribution is 5.79. The smallest absolute Gasteiger partial charge is 0.438 e. The van der Waals surface area contributed by atoms with E-state index in [0.717, 1.165) is 19.3 Å². The Morgan fingerprint density at radius 2 is 1.27 bits per heavy atom. The van der Waals surface area contributed by atoms with Crippen LogP contribution in [0.2, 0.25) is 0 Å². The number of hydrogen-bond acceptors (Lipinski definition) is 3. The van der Waals surface area contributed by atoms with Gasteiger partial charge in [0.1, 0.15) is 6.42 Å². The summed E-state index contributed by atoms with van der Waals surface area (Å²) in [6, 6.07) is 0. The van der Waals surface area contributed by atoms with E-state index in [1.54, 1.807) is 0 Å². The van der Waals surface area contributed by atoms with Crippen molar-refractivity contribution in [3.05, 3.63) is 0 Å². The van der Waals surface area contributed by atoms with Gasteiger partial charge in [0.15, 0.2) is 0 Å². The molecule has 0 spiro atoms. The summed E-state index contributed by atoms with van der Waals surface area (Å²) in [6.45, 7) is 0. The van der Waals surface area contributed by atoms with Crippen LogP contribution in [0.4, 0.5) is 26.3 Å². The van der Waals surface area contributed by atoms with Gasteiger partial charge in [-0.1, -0.05) is 0 Å². The highest BCUT2D eigenvalue weighted by atomic mass is 19.4. The van der Waals surface area contributed by atoms with Crippen LogP contribution < -0.4 is 0 Å². The van der Waals surface area contributed by atoms with E-state index in [0.29, 0.717) is 0 Å². The van der Waals surface area contributed by atoms with Gasteiger partial charge in [-0.25, -0.2) is 0 Å². The molecule has 0 aliphatic heterocycles. The van der Waals surface area contributed by atoms with E-state index in [9.17, 15) is 35.9 Å². The van der Waals surface area contributed by atoms with Crippen LogP contribution in [0.1, 0.15) is 44.9 Å². The number of halogens is 6. The van der Waals surface area contributed by atoms with Gasteiger partial charge in [0.25, 0.3) is 0 Å². The largest absolute Gasteiger partial charge is 0.481 e. The molecular weight excluding hydrogens is 370 g/mol. The summed E-state index contributed by atoms with van der Waals surface area (Å²) in [5.41, 5.74) is -6.40. The molecule has 26 heavy (non-hydrogen) atoms. The molecule has 4 bridgehead atoms. The van der Waals surface area contributed by atoms with Gasteiger partial charge in [0.2, 0.25) is 0 Å². The number of rotatable bonds is 4. The van der Waals surface area contributed by atoms with Crippen LogP contribution in [0.3, 0.4) is 0 Å². The number of aliphatic carboxylic acids is 1. The number of carboxylic acids is 1. The Morgan fingerprint density at radius 3 is 1.58 bits per heavy atom. The lowest BCUT2D eigenvalue weighted by molar-refractivity contribution is -0.372. The summed E-state index contributed by atoms with van der Waals surface area (Å²) in [5, 5.41) is 8.63. The summed E-state index contributed by atoms with van der Waals surface area (Å²) in [6.07, 6.45) is -11.5. The zero-order valence-electron chi connectivity index (χ0n) is 13.6. The Labute approximate surface area is 144 Å². The maximum absolute atomic E-state index is 13.3. The summed E-state index contributed by atoms with van der Waals surface area (Å²) in [4.78, 5) is 23.3. The lowest BCUT2D eigenvalue weighted by Crippen LogP contribution is -2.63. The fraction of sp³-hybridized carbons (Fsp3) is 0.875. The number of alkyl halides is 6. The first-order valence-electron chi connectivity index (χ1n) is 8.37. The predicted octanol–water partition coefficient (Wildman–Crippen LogP) is 4.08. The van der Waals surface area contributed by atoms with E-state index in [1.807, 2.05) is 0 Å². The van der Waals surface area contributed by atoms with Gasteiger partial charge in [-0.3, -0.25) is 9.59 Å². The molecule has 0 saturated heterocycles. The Balaban J connectivity index is 1.94. The number of hydrogen-bond donors (Lipinski definition) is 1. The molecule has 0 radical (unpaired) electrons. The van der Waals surface area contributed by atoms with Gasteiger partial charge < -0.3 is 9.84 Å². The molecule has 0 amide bonds. The fourth-order valence-electron chi connectivity index (χ4n) is 5.35. The Bertz CT molecular complexity index is 560. The van der Waals surface area contributed by atoms with Crippen molar-refractivity contribution < 1.29 is 45.8 Å².